The predicted octanol–water partition coefficient (Wildman–Crippen LogP) is 2.40. The summed E-state index contributed by atoms with van der Waals surface area (Å²) in [5.41, 5.74) is -0.202. The number of halogens is 3. The van der Waals surface area contributed by atoms with Crippen molar-refractivity contribution in [3.63, 3.8) is 0 Å². The van der Waals surface area contributed by atoms with Crippen LogP contribution in [0.25, 0.3) is 0 Å². The van der Waals surface area contributed by atoms with Gasteiger partial charge < -0.3 is 16.0 Å². The van der Waals surface area contributed by atoms with E-state index in [1.165, 1.54) is 12.8 Å². The van der Waals surface area contributed by atoms with Crippen LogP contribution in [0.2, 0.25) is 0 Å². The molecule has 0 aliphatic carbocycles. The molecule has 3 N–H and O–H groups in total. The van der Waals surface area contributed by atoms with E-state index in [0.29, 0.717) is 31.4 Å². The first kappa shape index (κ1) is 22.3. The molecule has 8 heteroatoms. The maximum absolute atomic E-state index is 13.5. The first-order chi connectivity index (χ1) is 12.1. The van der Waals surface area contributed by atoms with Gasteiger partial charge in [0, 0.05) is 25.6 Å². The van der Waals surface area contributed by atoms with Gasteiger partial charge in [0.05, 0.1) is 5.56 Å². The van der Waals surface area contributed by atoms with Gasteiger partial charge in [-0.1, -0.05) is 0 Å². The summed E-state index contributed by atoms with van der Waals surface area (Å²) in [4.78, 5) is 23.5. The van der Waals surface area contributed by atoms with Crippen molar-refractivity contribution in [3.05, 3.63) is 35.4 Å². The molecule has 1 saturated heterocycles. The Morgan fingerprint density at radius 3 is 2.69 bits per heavy atom. The quantitative estimate of drug-likeness (QED) is 0.598. The summed E-state index contributed by atoms with van der Waals surface area (Å²) in [6, 6.07) is 2.81. The molecule has 1 atom stereocenters. The monoisotopic (exact) mass is 389 g/mol. The number of carbonyl (C=O) groups is 2. The van der Waals surface area contributed by atoms with Crippen LogP contribution in [0.5, 0.6) is 0 Å². The Bertz CT molecular complexity index is 596. The van der Waals surface area contributed by atoms with E-state index >= 15 is 0 Å². The van der Waals surface area contributed by atoms with Gasteiger partial charge in [0.15, 0.2) is 0 Å². The van der Waals surface area contributed by atoms with E-state index in [0.717, 1.165) is 31.6 Å². The molecule has 1 aromatic rings. The molecule has 5 nitrogen and oxygen atoms in total. The summed E-state index contributed by atoms with van der Waals surface area (Å²) in [5.74, 6) is -1.66. The fourth-order valence-electron chi connectivity index (χ4n) is 2.89. The molecule has 1 aliphatic rings. The van der Waals surface area contributed by atoms with Gasteiger partial charge in [-0.05, 0) is 56.8 Å². The van der Waals surface area contributed by atoms with Crippen LogP contribution in [0, 0.1) is 17.6 Å². The van der Waals surface area contributed by atoms with E-state index in [9.17, 15) is 18.4 Å². The smallest absolute Gasteiger partial charge is 0.254 e. The minimum Gasteiger partial charge on any atom is -0.356 e. The van der Waals surface area contributed by atoms with E-state index in [2.05, 4.69) is 16.0 Å². The second-order valence-corrected chi connectivity index (χ2v) is 6.33. The molecule has 0 bridgehead atoms. The lowest BCUT2D eigenvalue weighted by Crippen LogP contribution is -2.33. The van der Waals surface area contributed by atoms with Gasteiger partial charge in [-0.25, -0.2) is 8.78 Å². The van der Waals surface area contributed by atoms with Crippen molar-refractivity contribution in [1.82, 2.24) is 16.0 Å². The molecule has 1 heterocycles. The highest BCUT2D eigenvalue weighted by atomic mass is 35.5. The average Bonchev–Trinajstić information content (AvgIpc) is 2.59. The van der Waals surface area contributed by atoms with Gasteiger partial charge >= 0.3 is 0 Å². The van der Waals surface area contributed by atoms with E-state index in [1.54, 1.807) is 0 Å². The molecule has 26 heavy (non-hydrogen) atoms. The SMILES string of the molecule is Cl.O=C(CCCNC(=O)c1ccc(F)cc1F)NCCC1CCCNC1. The van der Waals surface area contributed by atoms with Crippen molar-refractivity contribution < 1.29 is 18.4 Å². The third-order valence-corrected chi connectivity index (χ3v) is 4.32. The van der Waals surface area contributed by atoms with Crippen LogP contribution in [0.4, 0.5) is 8.78 Å². The Labute approximate surface area is 158 Å². The summed E-state index contributed by atoms with van der Waals surface area (Å²) in [6.45, 7) is 3.02. The number of benzene rings is 1. The summed E-state index contributed by atoms with van der Waals surface area (Å²) in [6.07, 6.45) is 4.13. The van der Waals surface area contributed by atoms with Gasteiger partial charge in [-0.15, -0.1) is 12.4 Å². The van der Waals surface area contributed by atoms with Crippen molar-refractivity contribution in [1.29, 1.82) is 0 Å². The Morgan fingerprint density at radius 2 is 2.00 bits per heavy atom. The topological polar surface area (TPSA) is 70.2 Å². The van der Waals surface area contributed by atoms with E-state index in [-0.39, 0.29) is 30.4 Å². The normalized spacial score (nSPS) is 16.5. The maximum Gasteiger partial charge on any atom is 0.254 e. The zero-order valence-corrected chi connectivity index (χ0v) is 15.5. The van der Waals surface area contributed by atoms with Crippen LogP contribution in [-0.2, 0) is 4.79 Å². The zero-order valence-electron chi connectivity index (χ0n) is 14.7. The van der Waals surface area contributed by atoms with Gasteiger partial charge in [0.25, 0.3) is 5.91 Å². The Hall–Kier alpha value is -1.73. The lowest BCUT2D eigenvalue weighted by atomic mass is 9.96. The summed E-state index contributed by atoms with van der Waals surface area (Å²) in [5, 5.41) is 8.76. The summed E-state index contributed by atoms with van der Waals surface area (Å²) >= 11 is 0. The van der Waals surface area contributed by atoms with Crippen molar-refractivity contribution in [2.75, 3.05) is 26.2 Å². The minimum atomic E-state index is -0.896. The molecule has 0 radical (unpaired) electrons. The van der Waals surface area contributed by atoms with Crippen LogP contribution in [0.1, 0.15) is 42.5 Å². The first-order valence-corrected chi connectivity index (χ1v) is 8.77. The number of rotatable bonds is 8. The lowest BCUT2D eigenvalue weighted by Gasteiger charge is -2.22. The third-order valence-electron chi connectivity index (χ3n) is 4.32. The second kappa shape index (κ2) is 11.8. The van der Waals surface area contributed by atoms with E-state index in [1.807, 2.05) is 0 Å². The Morgan fingerprint density at radius 1 is 1.19 bits per heavy atom. The molecule has 0 saturated carbocycles. The van der Waals surface area contributed by atoms with Gasteiger partial charge in [-0.2, -0.15) is 0 Å². The number of hydrogen-bond donors (Lipinski definition) is 3. The predicted molar refractivity (Wildman–Crippen MR) is 98.4 cm³/mol. The highest BCUT2D eigenvalue weighted by molar-refractivity contribution is 5.94. The van der Waals surface area contributed by atoms with Gasteiger partial charge in [0.2, 0.25) is 5.91 Å². The molecular weight excluding hydrogens is 364 g/mol. The standard InChI is InChI=1S/C18H25F2N3O2.ClH/c19-14-5-6-15(16(20)11-14)18(25)23-9-2-4-17(24)22-10-7-13-3-1-8-21-12-13;/h5-6,11,13,21H,1-4,7-10,12H2,(H,22,24)(H,23,25);1H. The van der Waals surface area contributed by atoms with Crippen LogP contribution in [-0.4, -0.2) is 38.0 Å². The molecule has 1 aliphatic heterocycles. The number of nitrogens with one attached hydrogen (secondary N) is 3. The molecule has 2 rings (SSSR count). The highest BCUT2D eigenvalue weighted by Crippen LogP contribution is 2.13. The summed E-state index contributed by atoms with van der Waals surface area (Å²) < 4.78 is 26.3. The molecule has 146 valence electrons. The van der Waals surface area contributed by atoms with Gasteiger partial charge in [-0.3, -0.25) is 9.59 Å². The fourth-order valence-corrected chi connectivity index (χ4v) is 2.89. The largest absolute Gasteiger partial charge is 0.356 e. The van der Waals surface area contributed by atoms with Crippen molar-refractivity contribution in [2.24, 2.45) is 5.92 Å². The average molecular weight is 390 g/mol. The van der Waals surface area contributed by atoms with Crippen molar-refractivity contribution >= 4 is 24.2 Å². The van der Waals surface area contributed by atoms with Crippen LogP contribution in [0.3, 0.4) is 0 Å². The third kappa shape index (κ3) is 7.66. The molecule has 0 spiro atoms. The van der Waals surface area contributed by atoms with Crippen LogP contribution in [0.15, 0.2) is 18.2 Å². The number of amides is 2. The molecule has 2 amide bonds. The number of piperidine rings is 1. The first-order valence-electron chi connectivity index (χ1n) is 8.77. The fraction of sp³-hybridized carbons (Fsp3) is 0.556. The molecule has 0 aromatic heterocycles. The zero-order chi connectivity index (χ0) is 18.1. The second-order valence-electron chi connectivity index (χ2n) is 6.33. The molecule has 1 aromatic carbocycles. The highest BCUT2D eigenvalue weighted by Gasteiger charge is 2.13. The number of carbonyl (C=O) groups excluding carboxylic acids is 2. The van der Waals surface area contributed by atoms with Crippen molar-refractivity contribution in [2.45, 2.75) is 32.1 Å². The van der Waals surface area contributed by atoms with E-state index < -0.39 is 17.5 Å². The molecular formula is C18H26ClF2N3O2. The summed E-state index contributed by atoms with van der Waals surface area (Å²) in [7, 11) is 0. The Kier molecular flexibility index (Phi) is 10.1. The lowest BCUT2D eigenvalue weighted by molar-refractivity contribution is -0.121. The van der Waals surface area contributed by atoms with Crippen LogP contribution < -0.4 is 16.0 Å². The Balaban J connectivity index is 0.00000338. The molecule has 1 fully saturated rings. The number of hydrogen-bond acceptors (Lipinski definition) is 3. The van der Waals surface area contributed by atoms with Crippen LogP contribution >= 0.6 is 12.4 Å². The van der Waals surface area contributed by atoms with Crippen molar-refractivity contribution in [3.8, 4) is 0 Å². The minimum absolute atomic E-state index is 0. The maximum atomic E-state index is 13.5. The van der Waals surface area contributed by atoms with E-state index in [4.69, 9.17) is 0 Å². The van der Waals surface area contributed by atoms with Gasteiger partial charge in [0.1, 0.15) is 11.6 Å². The molecule has 1 unspecified atom stereocenters.